The summed E-state index contributed by atoms with van der Waals surface area (Å²) in [5.74, 6) is 0. The third kappa shape index (κ3) is 6.80. The van der Waals surface area contributed by atoms with Crippen molar-refractivity contribution in [1.82, 2.24) is 0 Å². The van der Waals surface area contributed by atoms with E-state index in [1.807, 2.05) is 0 Å². The van der Waals surface area contributed by atoms with Gasteiger partial charge >= 0.3 is 21.7 Å². The summed E-state index contributed by atoms with van der Waals surface area (Å²) in [4.78, 5) is 0. The van der Waals surface area contributed by atoms with Crippen molar-refractivity contribution in [3.8, 4) is 0 Å². The summed E-state index contributed by atoms with van der Waals surface area (Å²) >= 11 is 2.16. The molecule has 0 bridgehead atoms. The third-order valence-electron chi connectivity index (χ3n) is 5.88. The van der Waals surface area contributed by atoms with Gasteiger partial charge in [0.2, 0.25) is 0 Å². The SMILES string of the molecule is CC(C)(C)SC1(C(C)(C)C2=[C-]CC=C2)CC=C(C(C)(C)C)C=C1C(C)(C)C.[Cl-].[Cl-].[Ti+3]. The molecular formula is C26H41Cl2STi. The van der Waals surface area contributed by atoms with Crippen molar-refractivity contribution >= 4 is 11.8 Å². The minimum absolute atomic E-state index is 0. The van der Waals surface area contributed by atoms with Crippen LogP contribution in [0.15, 0.2) is 41.0 Å². The van der Waals surface area contributed by atoms with Crippen LogP contribution in [0.4, 0.5) is 0 Å². The Labute approximate surface area is 219 Å². The molecule has 0 N–H and O–H groups in total. The summed E-state index contributed by atoms with van der Waals surface area (Å²) in [5, 5.41) is 0. The van der Waals surface area contributed by atoms with E-state index in [-0.39, 0.29) is 72.3 Å². The number of halogens is 2. The molecule has 1 radical (unpaired) electrons. The van der Waals surface area contributed by atoms with Crippen LogP contribution in [0.3, 0.4) is 0 Å². The van der Waals surface area contributed by atoms with E-state index in [1.54, 1.807) is 5.57 Å². The van der Waals surface area contributed by atoms with E-state index in [4.69, 9.17) is 0 Å². The molecule has 30 heavy (non-hydrogen) atoms. The number of hydrogen-bond donors (Lipinski definition) is 0. The first-order valence-electron chi connectivity index (χ1n) is 10.4. The van der Waals surface area contributed by atoms with Crippen molar-refractivity contribution in [2.24, 2.45) is 16.2 Å². The Morgan fingerprint density at radius 3 is 1.77 bits per heavy atom. The van der Waals surface area contributed by atoms with Crippen LogP contribution in [0, 0.1) is 22.3 Å². The maximum Gasteiger partial charge on any atom is 3.00 e. The first-order valence-corrected chi connectivity index (χ1v) is 11.2. The molecule has 1 atom stereocenters. The van der Waals surface area contributed by atoms with Gasteiger partial charge in [-0.3, -0.25) is 6.08 Å². The third-order valence-corrected chi connectivity index (χ3v) is 7.73. The number of thioether (sulfide) groups is 1. The second kappa shape index (κ2) is 10.7. The van der Waals surface area contributed by atoms with Gasteiger partial charge in [0.05, 0.1) is 0 Å². The maximum atomic E-state index is 3.66. The molecular weight excluding hydrogens is 463 g/mol. The first kappa shape index (κ1) is 32.8. The normalized spacial score (nSPS) is 22.2. The Hall–Kier alpha value is 0.604. The Balaban J connectivity index is 0. The quantitative estimate of drug-likeness (QED) is 0.420. The van der Waals surface area contributed by atoms with Crippen molar-refractivity contribution in [2.45, 2.75) is 98.5 Å². The zero-order valence-corrected chi connectivity index (χ0v) is 24.8. The Kier molecular flexibility index (Phi) is 11.7. The average Bonchev–Trinajstić information content (AvgIpc) is 2.97. The molecule has 2 aliphatic carbocycles. The fourth-order valence-electron chi connectivity index (χ4n) is 4.43. The summed E-state index contributed by atoms with van der Waals surface area (Å²) < 4.78 is 0.201. The molecule has 0 fully saturated rings. The smallest absolute Gasteiger partial charge is 1.00 e. The van der Waals surface area contributed by atoms with E-state index in [1.165, 1.54) is 11.1 Å². The molecule has 2 rings (SSSR count). The monoisotopic (exact) mass is 503 g/mol. The van der Waals surface area contributed by atoms with Crippen LogP contribution in [0.5, 0.6) is 0 Å². The van der Waals surface area contributed by atoms with Crippen LogP contribution < -0.4 is 24.8 Å². The van der Waals surface area contributed by atoms with E-state index in [0.29, 0.717) is 0 Å². The second-order valence-corrected chi connectivity index (χ2v) is 13.9. The van der Waals surface area contributed by atoms with E-state index in [9.17, 15) is 0 Å². The standard InChI is InChI=1S/C26H41S.2ClH.Ti/c1-22(2,3)20-16-17-26(27-24(7,8)9,21(18-20)23(4,5)6)25(10,11)19-14-12-13-15-19;;;/h12,14,16,18H,13,17H2,1-11H3;2*1H;/q-1;;;+3/p-2. The zero-order valence-electron chi connectivity index (χ0n) is 20.9. The van der Waals surface area contributed by atoms with Crippen LogP contribution in [0.2, 0.25) is 0 Å². The summed E-state index contributed by atoms with van der Waals surface area (Å²) in [5.41, 5.74) is 4.75. The van der Waals surface area contributed by atoms with Crippen molar-refractivity contribution in [3.63, 3.8) is 0 Å². The topological polar surface area (TPSA) is 0 Å². The minimum Gasteiger partial charge on any atom is -1.00 e. The van der Waals surface area contributed by atoms with Crippen molar-refractivity contribution < 1.29 is 46.5 Å². The Bertz CT molecular complexity index is 707. The van der Waals surface area contributed by atoms with Gasteiger partial charge in [0.25, 0.3) is 0 Å². The van der Waals surface area contributed by atoms with E-state index >= 15 is 0 Å². The molecule has 169 valence electrons. The number of rotatable bonds is 3. The number of hydrogen-bond acceptors (Lipinski definition) is 1. The van der Waals surface area contributed by atoms with Crippen LogP contribution in [-0.2, 0) is 21.7 Å². The van der Waals surface area contributed by atoms with Gasteiger partial charge in [-0.05, 0) is 33.8 Å². The average molecular weight is 504 g/mol. The van der Waals surface area contributed by atoms with Crippen LogP contribution in [0.1, 0.15) is 89.0 Å². The molecule has 0 heterocycles. The van der Waals surface area contributed by atoms with Gasteiger partial charge in [0.1, 0.15) is 0 Å². The molecule has 0 saturated heterocycles. The molecule has 0 aromatic heterocycles. The summed E-state index contributed by atoms with van der Waals surface area (Å²) in [6, 6.07) is 0. The molecule has 0 amide bonds. The largest absolute Gasteiger partial charge is 3.00 e. The van der Waals surface area contributed by atoms with Gasteiger partial charge in [0.15, 0.2) is 0 Å². The molecule has 0 saturated carbocycles. The van der Waals surface area contributed by atoms with Crippen molar-refractivity contribution in [2.75, 3.05) is 0 Å². The predicted molar refractivity (Wildman–Crippen MR) is 124 cm³/mol. The molecule has 0 spiro atoms. The predicted octanol–water partition coefficient (Wildman–Crippen LogP) is 2.33. The summed E-state index contributed by atoms with van der Waals surface area (Å²) in [7, 11) is 0. The van der Waals surface area contributed by atoms with Crippen LogP contribution in [0.25, 0.3) is 0 Å². The van der Waals surface area contributed by atoms with Gasteiger partial charge in [-0.1, -0.05) is 88.3 Å². The Morgan fingerprint density at radius 1 is 0.867 bits per heavy atom. The van der Waals surface area contributed by atoms with Crippen molar-refractivity contribution in [3.05, 3.63) is 47.1 Å². The van der Waals surface area contributed by atoms with Crippen molar-refractivity contribution in [1.29, 1.82) is 0 Å². The second-order valence-electron chi connectivity index (χ2n) is 11.8. The van der Waals surface area contributed by atoms with E-state index in [2.05, 4.69) is 118 Å². The Morgan fingerprint density at radius 2 is 1.40 bits per heavy atom. The van der Waals surface area contributed by atoms with Gasteiger partial charge in [-0.25, -0.2) is 11.6 Å². The molecule has 0 aliphatic heterocycles. The van der Waals surface area contributed by atoms with Gasteiger partial charge in [0, 0.05) is 9.49 Å². The van der Waals surface area contributed by atoms with E-state index in [0.717, 1.165) is 12.8 Å². The molecule has 1 unspecified atom stereocenters. The fraction of sp³-hybridized carbons (Fsp3) is 0.692. The number of allylic oxidation sites excluding steroid dienone is 7. The molecule has 4 heteroatoms. The summed E-state index contributed by atoms with van der Waals surface area (Å²) in [6.07, 6.45) is 15.3. The zero-order chi connectivity index (χ0) is 20.9. The molecule has 0 aromatic carbocycles. The van der Waals surface area contributed by atoms with E-state index < -0.39 is 0 Å². The van der Waals surface area contributed by atoms with Gasteiger partial charge in [-0.15, -0.1) is 18.2 Å². The van der Waals surface area contributed by atoms with Gasteiger partial charge in [-0.2, -0.15) is 6.08 Å². The molecule has 2 aliphatic rings. The maximum absolute atomic E-state index is 3.66. The van der Waals surface area contributed by atoms with Crippen LogP contribution >= 0.6 is 11.8 Å². The molecule has 0 nitrogen and oxygen atoms in total. The fourth-order valence-corrected chi connectivity index (χ4v) is 6.48. The molecule has 0 aromatic rings. The summed E-state index contributed by atoms with van der Waals surface area (Å²) in [6.45, 7) is 26.1. The minimum atomic E-state index is 0. The van der Waals surface area contributed by atoms with Gasteiger partial charge < -0.3 is 24.8 Å². The van der Waals surface area contributed by atoms with Crippen LogP contribution in [-0.4, -0.2) is 9.49 Å². The first-order chi connectivity index (χ1) is 12.0.